The Kier molecular flexibility index (Phi) is 5.25. The maximum atomic E-state index is 11.7. The van der Waals surface area contributed by atoms with Gasteiger partial charge in [0.2, 0.25) is 5.91 Å². The van der Waals surface area contributed by atoms with Crippen LogP contribution in [-0.4, -0.2) is 28.1 Å². The molecular formula is C14H17NO5. The average molecular weight is 279 g/mol. The zero-order chi connectivity index (χ0) is 15.3. The third kappa shape index (κ3) is 4.38. The lowest BCUT2D eigenvalue weighted by atomic mass is 10.0. The van der Waals surface area contributed by atoms with Crippen molar-refractivity contribution >= 4 is 23.5 Å². The standard InChI is InChI=1S/C14H17NO5/c1-3-8(2)4-12(16)15-11-6-9(13(17)18)5-10(7-11)14(19)20/h5-8H,3-4H2,1-2H3,(H,15,16)(H,17,18)(H,19,20). The molecule has 0 bridgehead atoms. The van der Waals surface area contributed by atoms with Crippen molar-refractivity contribution in [1.82, 2.24) is 0 Å². The van der Waals surface area contributed by atoms with Gasteiger partial charge in [-0.05, 0) is 24.1 Å². The molecule has 1 rings (SSSR count). The Hall–Kier alpha value is -2.37. The molecule has 1 aromatic carbocycles. The van der Waals surface area contributed by atoms with Gasteiger partial charge in [0.1, 0.15) is 0 Å². The van der Waals surface area contributed by atoms with E-state index in [-0.39, 0.29) is 28.6 Å². The average Bonchev–Trinajstić information content (AvgIpc) is 2.37. The van der Waals surface area contributed by atoms with E-state index in [0.29, 0.717) is 6.42 Å². The monoisotopic (exact) mass is 279 g/mol. The minimum Gasteiger partial charge on any atom is -0.478 e. The van der Waals surface area contributed by atoms with Gasteiger partial charge in [0, 0.05) is 12.1 Å². The second-order valence-corrected chi connectivity index (χ2v) is 4.68. The van der Waals surface area contributed by atoms with Crippen LogP contribution in [0.3, 0.4) is 0 Å². The summed E-state index contributed by atoms with van der Waals surface area (Å²) in [4.78, 5) is 33.6. The summed E-state index contributed by atoms with van der Waals surface area (Å²) in [6.45, 7) is 3.89. The maximum Gasteiger partial charge on any atom is 0.335 e. The lowest BCUT2D eigenvalue weighted by molar-refractivity contribution is -0.117. The quantitative estimate of drug-likeness (QED) is 0.742. The first kappa shape index (κ1) is 15.7. The highest BCUT2D eigenvalue weighted by Gasteiger charge is 2.13. The molecule has 1 unspecified atom stereocenters. The fourth-order valence-electron chi connectivity index (χ4n) is 1.62. The molecule has 3 N–H and O–H groups in total. The van der Waals surface area contributed by atoms with Crippen molar-refractivity contribution in [2.75, 3.05) is 5.32 Å². The zero-order valence-electron chi connectivity index (χ0n) is 11.3. The normalized spacial score (nSPS) is 11.7. The van der Waals surface area contributed by atoms with Gasteiger partial charge in [0.25, 0.3) is 0 Å². The van der Waals surface area contributed by atoms with Crippen LogP contribution in [0.1, 0.15) is 47.4 Å². The Morgan fingerprint density at radius 3 is 2.00 bits per heavy atom. The Bertz CT molecular complexity index is 506. The fourth-order valence-corrected chi connectivity index (χ4v) is 1.62. The van der Waals surface area contributed by atoms with E-state index in [0.717, 1.165) is 12.5 Å². The number of carbonyl (C=O) groups excluding carboxylic acids is 1. The highest BCUT2D eigenvalue weighted by atomic mass is 16.4. The molecule has 0 heterocycles. The Morgan fingerprint density at radius 2 is 1.60 bits per heavy atom. The van der Waals surface area contributed by atoms with Gasteiger partial charge in [-0.3, -0.25) is 4.79 Å². The first-order chi connectivity index (χ1) is 9.33. The number of carbonyl (C=O) groups is 3. The molecule has 0 aliphatic rings. The first-order valence-electron chi connectivity index (χ1n) is 6.25. The van der Waals surface area contributed by atoms with Crippen LogP contribution in [0.5, 0.6) is 0 Å². The smallest absolute Gasteiger partial charge is 0.335 e. The van der Waals surface area contributed by atoms with E-state index in [1.807, 2.05) is 13.8 Å². The van der Waals surface area contributed by atoms with Gasteiger partial charge >= 0.3 is 11.9 Å². The molecule has 0 saturated carbocycles. The Labute approximate surface area is 116 Å². The Balaban J connectivity index is 2.97. The molecule has 1 aromatic rings. The van der Waals surface area contributed by atoms with Gasteiger partial charge in [0.15, 0.2) is 0 Å². The van der Waals surface area contributed by atoms with Crippen LogP contribution < -0.4 is 5.32 Å². The molecule has 0 radical (unpaired) electrons. The molecule has 6 nitrogen and oxygen atoms in total. The second-order valence-electron chi connectivity index (χ2n) is 4.68. The van der Waals surface area contributed by atoms with E-state index in [9.17, 15) is 14.4 Å². The number of benzene rings is 1. The van der Waals surface area contributed by atoms with Crippen molar-refractivity contribution in [1.29, 1.82) is 0 Å². The van der Waals surface area contributed by atoms with Gasteiger partial charge in [0.05, 0.1) is 11.1 Å². The summed E-state index contributed by atoms with van der Waals surface area (Å²) in [5.74, 6) is -2.55. The van der Waals surface area contributed by atoms with Crippen molar-refractivity contribution in [3.8, 4) is 0 Å². The summed E-state index contributed by atoms with van der Waals surface area (Å²) in [6.07, 6.45) is 1.15. The van der Waals surface area contributed by atoms with Crippen LogP contribution in [0.25, 0.3) is 0 Å². The van der Waals surface area contributed by atoms with Gasteiger partial charge < -0.3 is 15.5 Å². The number of carboxylic acid groups (broad SMARTS) is 2. The summed E-state index contributed by atoms with van der Waals surface area (Å²) < 4.78 is 0. The molecule has 6 heteroatoms. The number of anilines is 1. The summed E-state index contributed by atoms with van der Waals surface area (Å²) >= 11 is 0. The van der Waals surface area contributed by atoms with E-state index in [1.54, 1.807) is 0 Å². The number of aromatic carboxylic acids is 2. The molecule has 0 fully saturated rings. The van der Waals surface area contributed by atoms with Crippen LogP contribution in [0.15, 0.2) is 18.2 Å². The summed E-state index contributed by atoms with van der Waals surface area (Å²) in [7, 11) is 0. The summed E-state index contributed by atoms with van der Waals surface area (Å²) in [6, 6.07) is 3.53. The third-order valence-corrected chi connectivity index (χ3v) is 2.94. The molecule has 1 atom stereocenters. The predicted molar refractivity (Wildman–Crippen MR) is 73.1 cm³/mol. The molecule has 0 spiro atoms. The fraction of sp³-hybridized carbons (Fsp3) is 0.357. The number of carboxylic acids is 2. The van der Waals surface area contributed by atoms with Gasteiger partial charge in [-0.15, -0.1) is 0 Å². The van der Waals surface area contributed by atoms with E-state index in [2.05, 4.69) is 5.32 Å². The van der Waals surface area contributed by atoms with E-state index in [1.165, 1.54) is 12.1 Å². The minimum atomic E-state index is -1.24. The zero-order valence-corrected chi connectivity index (χ0v) is 11.3. The molecular weight excluding hydrogens is 262 g/mol. The third-order valence-electron chi connectivity index (χ3n) is 2.94. The molecule has 1 amide bonds. The van der Waals surface area contributed by atoms with E-state index >= 15 is 0 Å². The minimum absolute atomic E-state index is 0.176. The van der Waals surface area contributed by atoms with Crippen molar-refractivity contribution < 1.29 is 24.6 Å². The highest BCUT2D eigenvalue weighted by molar-refractivity contribution is 5.98. The van der Waals surface area contributed by atoms with Crippen molar-refractivity contribution in [3.05, 3.63) is 29.3 Å². The molecule has 108 valence electrons. The maximum absolute atomic E-state index is 11.7. The van der Waals surface area contributed by atoms with Gasteiger partial charge in [-0.1, -0.05) is 20.3 Å². The van der Waals surface area contributed by atoms with E-state index < -0.39 is 11.9 Å². The van der Waals surface area contributed by atoms with Gasteiger partial charge in [-0.25, -0.2) is 9.59 Å². The van der Waals surface area contributed by atoms with Crippen molar-refractivity contribution in [3.63, 3.8) is 0 Å². The lowest BCUT2D eigenvalue weighted by Gasteiger charge is -2.10. The topological polar surface area (TPSA) is 104 Å². The first-order valence-corrected chi connectivity index (χ1v) is 6.25. The van der Waals surface area contributed by atoms with Crippen LogP contribution in [0.4, 0.5) is 5.69 Å². The highest BCUT2D eigenvalue weighted by Crippen LogP contribution is 2.17. The number of hydrogen-bond donors (Lipinski definition) is 3. The van der Waals surface area contributed by atoms with Crippen LogP contribution in [0.2, 0.25) is 0 Å². The lowest BCUT2D eigenvalue weighted by Crippen LogP contribution is -2.16. The summed E-state index contributed by atoms with van der Waals surface area (Å²) in [5.41, 5.74) is -0.178. The summed E-state index contributed by atoms with van der Waals surface area (Å²) in [5, 5.41) is 20.4. The molecule has 0 aromatic heterocycles. The number of nitrogens with one attached hydrogen (secondary N) is 1. The van der Waals surface area contributed by atoms with Crippen LogP contribution in [0, 0.1) is 5.92 Å². The molecule has 0 saturated heterocycles. The SMILES string of the molecule is CCC(C)CC(=O)Nc1cc(C(=O)O)cc(C(=O)O)c1. The largest absolute Gasteiger partial charge is 0.478 e. The molecule has 0 aliphatic carbocycles. The van der Waals surface area contributed by atoms with Gasteiger partial charge in [-0.2, -0.15) is 0 Å². The van der Waals surface area contributed by atoms with Crippen LogP contribution >= 0.6 is 0 Å². The number of hydrogen-bond acceptors (Lipinski definition) is 3. The molecule has 0 aliphatic heterocycles. The van der Waals surface area contributed by atoms with Crippen LogP contribution in [-0.2, 0) is 4.79 Å². The second kappa shape index (κ2) is 6.70. The number of amides is 1. The molecule has 20 heavy (non-hydrogen) atoms. The van der Waals surface area contributed by atoms with Crippen molar-refractivity contribution in [2.45, 2.75) is 26.7 Å². The Morgan fingerprint density at radius 1 is 1.10 bits per heavy atom. The van der Waals surface area contributed by atoms with Crippen molar-refractivity contribution in [2.24, 2.45) is 5.92 Å². The number of rotatable bonds is 6. The van der Waals surface area contributed by atoms with E-state index in [4.69, 9.17) is 10.2 Å². The predicted octanol–water partition coefficient (Wildman–Crippen LogP) is 2.46.